The number of nitro benzene ring substituents is 1. The summed E-state index contributed by atoms with van der Waals surface area (Å²) >= 11 is 0. The van der Waals surface area contributed by atoms with E-state index in [0.717, 1.165) is 0 Å². The number of halogens is 5. The fourth-order valence-corrected chi connectivity index (χ4v) is 1.95. The number of non-ortho nitro benzene ring substituents is 1. The second-order valence-electron chi connectivity index (χ2n) is 3.00. The van der Waals surface area contributed by atoms with Gasteiger partial charge in [-0.2, -0.15) is 0 Å². The number of alkyl halides is 3. The molecule has 1 aromatic rings. The first-order valence-electron chi connectivity index (χ1n) is 4.10. The van der Waals surface area contributed by atoms with E-state index in [1.54, 1.807) is 0 Å². The predicted octanol–water partition coefficient (Wildman–Crippen LogP) is 2.56. The average Bonchev–Trinajstić information content (AvgIpc) is 2.16. The van der Waals surface area contributed by atoms with Crippen LogP contribution in [0, 0.1) is 15.9 Å². The highest BCUT2D eigenvalue weighted by molar-refractivity contribution is 8.13. The van der Waals surface area contributed by atoms with Crippen LogP contribution in [0.1, 0.15) is 0 Å². The molecule has 0 atom stereocenters. The first kappa shape index (κ1) is 15.4. The summed E-state index contributed by atoms with van der Waals surface area (Å²) in [4.78, 5) is 7.71. The molecule has 0 saturated heterocycles. The van der Waals surface area contributed by atoms with Crippen molar-refractivity contribution in [2.75, 3.05) is 0 Å². The van der Waals surface area contributed by atoms with Crippen molar-refractivity contribution >= 4 is 25.4 Å². The van der Waals surface area contributed by atoms with Crippen LogP contribution in [0.15, 0.2) is 17.0 Å². The highest BCUT2D eigenvalue weighted by atomic mass is 35.7. The first-order valence-corrected chi connectivity index (χ1v) is 6.41. The Morgan fingerprint density at radius 1 is 1.32 bits per heavy atom. The van der Waals surface area contributed by atoms with Gasteiger partial charge in [0.2, 0.25) is 0 Å². The summed E-state index contributed by atoms with van der Waals surface area (Å²) in [6, 6.07) is 0.273. The molecule has 0 aromatic heterocycles. The van der Waals surface area contributed by atoms with Crippen molar-refractivity contribution in [1.82, 2.24) is 0 Å². The third-order valence-electron chi connectivity index (χ3n) is 1.69. The molecule has 0 aliphatic rings. The molecule has 106 valence electrons. The Kier molecular flexibility index (Phi) is 3.91. The van der Waals surface area contributed by atoms with E-state index in [1.807, 2.05) is 0 Å². The molecular weight excluding hydrogens is 322 g/mol. The SMILES string of the molecule is O=[N+]([O-])c1cc(OC(F)(F)F)c(F)c(S(=O)(=O)Cl)c1. The van der Waals surface area contributed by atoms with Gasteiger partial charge in [0.25, 0.3) is 14.7 Å². The highest BCUT2D eigenvalue weighted by Crippen LogP contribution is 2.34. The van der Waals surface area contributed by atoms with Crippen molar-refractivity contribution in [2.45, 2.75) is 11.3 Å². The van der Waals surface area contributed by atoms with Gasteiger partial charge >= 0.3 is 6.36 Å². The molecule has 0 spiro atoms. The largest absolute Gasteiger partial charge is 0.573 e. The fourth-order valence-electron chi connectivity index (χ4n) is 1.04. The molecule has 0 fully saturated rings. The Hall–Kier alpha value is -1.62. The maximum Gasteiger partial charge on any atom is 0.573 e. The maximum atomic E-state index is 13.4. The zero-order chi connectivity index (χ0) is 15.0. The van der Waals surface area contributed by atoms with Gasteiger partial charge in [0.15, 0.2) is 11.6 Å². The highest BCUT2D eigenvalue weighted by Gasteiger charge is 2.35. The van der Waals surface area contributed by atoms with Crippen LogP contribution in [0.2, 0.25) is 0 Å². The molecule has 0 amide bonds. The number of hydrogen-bond acceptors (Lipinski definition) is 5. The lowest BCUT2D eigenvalue weighted by atomic mass is 10.3. The molecule has 0 bridgehead atoms. The number of nitro groups is 1. The van der Waals surface area contributed by atoms with E-state index in [4.69, 9.17) is 10.7 Å². The summed E-state index contributed by atoms with van der Waals surface area (Å²) in [5.74, 6) is -3.64. The van der Waals surface area contributed by atoms with Crippen LogP contribution in [-0.2, 0) is 9.05 Å². The Labute approximate surface area is 107 Å². The smallest absolute Gasteiger partial charge is 0.402 e. The van der Waals surface area contributed by atoms with Crippen LogP contribution in [-0.4, -0.2) is 19.7 Å². The lowest BCUT2D eigenvalue weighted by Gasteiger charge is -2.10. The number of rotatable bonds is 3. The Bertz CT molecular complexity index is 629. The zero-order valence-electron chi connectivity index (χ0n) is 8.44. The maximum absolute atomic E-state index is 13.4. The number of hydrogen-bond donors (Lipinski definition) is 0. The summed E-state index contributed by atoms with van der Waals surface area (Å²) in [6.45, 7) is 0. The summed E-state index contributed by atoms with van der Waals surface area (Å²) in [5, 5.41) is 10.4. The summed E-state index contributed by atoms with van der Waals surface area (Å²) in [7, 11) is -0.0657. The molecule has 0 radical (unpaired) electrons. The molecule has 0 saturated carbocycles. The Morgan fingerprint density at radius 3 is 2.21 bits per heavy atom. The standard InChI is InChI=1S/C7H2ClF4NO5S/c8-19(16,17)5-2-3(13(14)15)1-4(6(5)9)18-7(10,11)12/h1-2H. The van der Waals surface area contributed by atoms with Crippen LogP contribution in [0.5, 0.6) is 5.75 Å². The minimum absolute atomic E-state index is 0.0917. The zero-order valence-corrected chi connectivity index (χ0v) is 10.0. The number of benzene rings is 1. The van der Waals surface area contributed by atoms with Gasteiger partial charge < -0.3 is 4.74 Å². The third-order valence-corrected chi connectivity index (χ3v) is 3.01. The van der Waals surface area contributed by atoms with Crippen LogP contribution in [0.3, 0.4) is 0 Å². The van der Waals surface area contributed by atoms with E-state index in [9.17, 15) is 36.1 Å². The second kappa shape index (κ2) is 4.81. The third kappa shape index (κ3) is 3.92. The van der Waals surface area contributed by atoms with E-state index in [2.05, 4.69) is 4.74 Å². The summed E-state index contributed by atoms with van der Waals surface area (Å²) in [5.41, 5.74) is -1.13. The van der Waals surface area contributed by atoms with Gasteiger partial charge in [0.1, 0.15) is 4.90 Å². The molecule has 0 aliphatic carbocycles. The number of ether oxygens (including phenoxy) is 1. The van der Waals surface area contributed by atoms with Crippen LogP contribution < -0.4 is 4.74 Å². The van der Waals surface area contributed by atoms with Crippen molar-refractivity contribution in [3.05, 3.63) is 28.1 Å². The summed E-state index contributed by atoms with van der Waals surface area (Å²) < 4.78 is 74.2. The monoisotopic (exact) mass is 323 g/mol. The fraction of sp³-hybridized carbons (Fsp3) is 0.143. The van der Waals surface area contributed by atoms with Gasteiger partial charge in [-0.05, 0) is 0 Å². The Morgan fingerprint density at radius 2 is 1.84 bits per heavy atom. The lowest BCUT2D eigenvalue weighted by molar-refractivity contribution is -0.385. The first-order chi connectivity index (χ1) is 8.42. The summed E-state index contributed by atoms with van der Waals surface area (Å²) in [6.07, 6.45) is -5.36. The van der Waals surface area contributed by atoms with E-state index in [0.29, 0.717) is 0 Å². The Balaban J connectivity index is 3.55. The minimum Gasteiger partial charge on any atom is -0.402 e. The molecular formula is C7H2ClF4NO5S. The van der Waals surface area contributed by atoms with Gasteiger partial charge in [-0.3, -0.25) is 10.1 Å². The molecule has 6 nitrogen and oxygen atoms in total. The molecule has 0 N–H and O–H groups in total. The predicted molar refractivity (Wildman–Crippen MR) is 52.8 cm³/mol. The van der Waals surface area contributed by atoms with Crippen molar-refractivity contribution in [3.63, 3.8) is 0 Å². The van der Waals surface area contributed by atoms with Crippen LogP contribution in [0.4, 0.5) is 23.2 Å². The number of nitrogens with zero attached hydrogens (tertiary/aromatic N) is 1. The van der Waals surface area contributed by atoms with Crippen LogP contribution >= 0.6 is 10.7 Å². The molecule has 12 heteroatoms. The average molecular weight is 324 g/mol. The molecule has 1 aromatic carbocycles. The van der Waals surface area contributed by atoms with Gasteiger partial charge in [-0.25, -0.2) is 12.8 Å². The van der Waals surface area contributed by atoms with E-state index in [-0.39, 0.29) is 12.1 Å². The van der Waals surface area contributed by atoms with Gasteiger partial charge in [0, 0.05) is 16.7 Å². The molecule has 0 unspecified atom stereocenters. The normalized spacial score (nSPS) is 12.3. The molecule has 0 heterocycles. The molecule has 1 rings (SSSR count). The lowest BCUT2D eigenvalue weighted by Crippen LogP contribution is -2.18. The van der Waals surface area contributed by atoms with Gasteiger partial charge in [-0.1, -0.05) is 0 Å². The second-order valence-corrected chi connectivity index (χ2v) is 5.53. The van der Waals surface area contributed by atoms with Crippen molar-refractivity contribution in [2.24, 2.45) is 0 Å². The quantitative estimate of drug-likeness (QED) is 0.369. The van der Waals surface area contributed by atoms with Crippen molar-refractivity contribution < 1.29 is 35.6 Å². The van der Waals surface area contributed by atoms with Gasteiger partial charge in [0.05, 0.1) is 11.0 Å². The van der Waals surface area contributed by atoms with Crippen molar-refractivity contribution in [1.29, 1.82) is 0 Å². The van der Waals surface area contributed by atoms with Gasteiger partial charge in [-0.15, -0.1) is 13.2 Å². The van der Waals surface area contributed by atoms with E-state index >= 15 is 0 Å². The molecule has 19 heavy (non-hydrogen) atoms. The topological polar surface area (TPSA) is 86.5 Å². The van der Waals surface area contributed by atoms with Crippen LogP contribution in [0.25, 0.3) is 0 Å². The van der Waals surface area contributed by atoms with Crippen molar-refractivity contribution in [3.8, 4) is 5.75 Å². The minimum atomic E-state index is -5.36. The molecule has 0 aliphatic heterocycles. The van der Waals surface area contributed by atoms with E-state index < -0.39 is 42.5 Å². The van der Waals surface area contributed by atoms with E-state index in [1.165, 1.54) is 0 Å².